The summed E-state index contributed by atoms with van der Waals surface area (Å²) in [5, 5.41) is 6.15. The summed E-state index contributed by atoms with van der Waals surface area (Å²) in [6.07, 6.45) is 3.98. The summed E-state index contributed by atoms with van der Waals surface area (Å²) in [6.45, 7) is 0.386. The van der Waals surface area contributed by atoms with Crippen molar-refractivity contribution in [1.29, 1.82) is 0 Å². The molecule has 0 radical (unpaired) electrons. The molecule has 5 rings (SSSR count). The molecule has 0 N–H and O–H groups in total. The van der Waals surface area contributed by atoms with Crippen molar-refractivity contribution in [1.82, 2.24) is 19.7 Å². The van der Waals surface area contributed by atoms with Gasteiger partial charge in [-0.05, 0) is 30.5 Å². The van der Waals surface area contributed by atoms with Gasteiger partial charge in [0.2, 0.25) is 0 Å². The molecule has 124 valence electrons. The lowest BCUT2D eigenvalue weighted by Crippen LogP contribution is -2.02. The zero-order valence-electron chi connectivity index (χ0n) is 13.0. The van der Waals surface area contributed by atoms with E-state index >= 15 is 0 Å². The highest BCUT2D eigenvalue weighted by atomic mass is 35.5. The monoisotopic (exact) mass is 369 g/mol. The smallest absolute Gasteiger partial charge is 0.278 e. The third kappa shape index (κ3) is 2.42. The first-order valence-electron chi connectivity index (χ1n) is 7.94. The van der Waals surface area contributed by atoms with Gasteiger partial charge in [0.1, 0.15) is 11.5 Å². The highest BCUT2D eigenvalue weighted by Gasteiger charge is 2.30. The molecule has 1 fully saturated rings. The van der Waals surface area contributed by atoms with E-state index in [2.05, 4.69) is 20.1 Å². The molecule has 1 aliphatic heterocycles. The number of aliphatic imine (C=N–C) groups is 1. The average molecular weight is 370 g/mol. The third-order valence-corrected chi connectivity index (χ3v) is 5.05. The van der Waals surface area contributed by atoms with Gasteiger partial charge in [0.25, 0.3) is 5.89 Å². The molecule has 25 heavy (non-hydrogen) atoms. The van der Waals surface area contributed by atoms with Crippen LogP contribution < -0.4 is 0 Å². The standard InChI is InChI=1S/C17H12ClN5OS/c18-15-11-5-9(7-25)1-4-12(11)23-8-20-14(13(23)6-19-15)17-21-16(22-24-17)10-2-3-10/h1,4-5,7-8,10H,2-3,6H2. The summed E-state index contributed by atoms with van der Waals surface area (Å²) < 4.78 is 7.40. The largest absolute Gasteiger partial charge is 0.332 e. The molecule has 1 saturated carbocycles. The van der Waals surface area contributed by atoms with Crippen LogP contribution in [-0.2, 0) is 6.54 Å². The summed E-state index contributed by atoms with van der Waals surface area (Å²) in [5.74, 6) is 1.62. The van der Waals surface area contributed by atoms with E-state index in [1.165, 1.54) is 0 Å². The van der Waals surface area contributed by atoms with Gasteiger partial charge in [-0.2, -0.15) is 4.98 Å². The summed E-state index contributed by atoms with van der Waals surface area (Å²) in [7, 11) is 0. The molecule has 0 bridgehead atoms. The number of nitrogens with zero attached hydrogens (tertiary/aromatic N) is 5. The number of aromatic nitrogens is 4. The summed E-state index contributed by atoms with van der Waals surface area (Å²) >= 11 is 11.4. The predicted molar refractivity (Wildman–Crippen MR) is 97.7 cm³/mol. The predicted octanol–water partition coefficient (Wildman–Crippen LogP) is 3.65. The van der Waals surface area contributed by atoms with Crippen LogP contribution in [0.15, 0.2) is 34.0 Å². The van der Waals surface area contributed by atoms with Crippen molar-refractivity contribution in [3.8, 4) is 17.3 Å². The number of imidazole rings is 1. The van der Waals surface area contributed by atoms with Gasteiger partial charge >= 0.3 is 0 Å². The van der Waals surface area contributed by atoms with Gasteiger partial charge in [0.05, 0.1) is 17.9 Å². The molecule has 2 aromatic heterocycles. The van der Waals surface area contributed by atoms with Gasteiger partial charge in [-0.15, -0.1) is 0 Å². The highest BCUT2D eigenvalue weighted by Crippen LogP contribution is 2.39. The number of hydrogen-bond donors (Lipinski definition) is 0. The van der Waals surface area contributed by atoms with Crippen LogP contribution in [-0.4, -0.2) is 30.2 Å². The van der Waals surface area contributed by atoms with Crippen molar-refractivity contribution >= 4 is 34.4 Å². The minimum Gasteiger partial charge on any atom is -0.332 e. The molecule has 0 saturated heterocycles. The summed E-state index contributed by atoms with van der Waals surface area (Å²) in [6, 6.07) is 5.85. The molecule has 0 unspecified atom stereocenters. The van der Waals surface area contributed by atoms with Crippen LogP contribution in [0.4, 0.5) is 0 Å². The zero-order chi connectivity index (χ0) is 17.0. The zero-order valence-corrected chi connectivity index (χ0v) is 14.6. The van der Waals surface area contributed by atoms with Gasteiger partial charge in [-0.1, -0.05) is 35.0 Å². The molecule has 1 aromatic carbocycles. The van der Waals surface area contributed by atoms with E-state index in [1.54, 1.807) is 11.7 Å². The molecule has 3 heterocycles. The van der Waals surface area contributed by atoms with E-state index in [0.717, 1.165) is 41.2 Å². The van der Waals surface area contributed by atoms with Crippen LogP contribution in [0.2, 0.25) is 0 Å². The molecule has 8 heteroatoms. The van der Waals surface area contributed by atoms with Gasteiger partial charge in [-0.3, -0.25) is 9.56 Å². The fraction of sp³-hybridized carbons (Fsp3) is 0.235. The second-order valence-corrected chi connectivity index (χ2v) is 6.74. The SMILES string of the molecule is S=Cc1ccc2c(c1)C(Cl)=NCc1c(-c3nc(C4CC4)no3)ncn1-2. The van der Waals surface area contributed by atoms with E-state index in [1.807, 2.05) is 22.8 Å². The van der Waals surface area contributed by atoms with Crippen LogP contribution in [0.25, 0.3) is 17.3 Å². The number of fused-ring (bicyclic) bond motifs is 3. The van der Waals surface area contributed by atoms with Crippen molar-refractivity contribution in [2.75, 3.05) is 0 Å². The average Bonchev–Trinajstić information content (AvgIpc) is 3.26. The minimum atomic E-state index is 0.386. The topological polar surface area (TPSA) is 69.1 Å². The fourth-order valence-electron chi connectivity index (χ4n) is 2.98. The van der Waals surface area contributed by atoms with E-state index in [4.69, 9.17) is 28.3 Å². The highest BCUT2D eigenvalue weighted by molar-refractivity contribution is 7.79. The van der Waals surface area contributed by atoms with Crippen molar-refractivity contribution in [2.24, 2.45) is 4.99 Å². The Labute approximate surface area is 153 Å². The van der Waals surface area contributed by atoms with Crippen LogP contribution in [0.5, 0.6) is 0 Å². The molecular formula is C17H12ClN5OS. The van der Waals surface area contributed by atoms with E-state index in [0.29, 0.717) is 29.2 Å². The first-order chi connectivity index (χ1) is 12.2. The van der Waals surface area contributed by atoms with Crippen molar-refractivity contribution in [3.63, 3.8) is 0 Å². The first-order valence-corrected chi connectivity index (χ1v) is 8.79. The van der Waals surface area contributed by atoms with Crippen molar-refractivity contribution < 1.29 is 4.52 Å². The van der Waals surface area contributed by atoms with E-state index in [-0.39, 0.29) is 0 Å². The number of hydrogen-bond acceptors (Lipinski definition) is 6. The Hall–Kier alpha value is -2.38. The Morgan fingerprint density at radius 3 is 3.00 bits per heavy atom. The Balaban J connectivity index is 1.65. The molecule has 0 amide bonds. The van der Waals surface area contributed by atoms with Crippen LogP contribution in [0, 0.1) is 0 Å². The molecule has 2 aliphatic rings. The fourth-order valence-corrected chi connectivity index (χ4v) is 3.34. The van der Waals surface area contributed by atoms with Crippen LogP contribution in [0.1, 0.15) is 41.4 Å². The Morgan fingerprint density at radius 1 is 1.32 bits per heavy atom. The van der Waals surface area contributed by atoms with Gasteiger partial charge in [-0.25, -0.2) is 4.98 Å². The van der Waals surface area contributed by atoms with Crippen LogP contribution in [0.3, 0.4) is 0 Å². The summed E-state index contributed by atoms with van der Waals surface area (Å²) in [4.78, 5) is 13.5. The molecule has 1 aliphatic carbocycles. The molecule has 6 nitrogen and oxygen atoms in total. The lowest BCUT2D eigenvalue weighted by molar-refractivity contribution is 0.421. The molecular weight excluding hydrogens is 358 g/mol. The van der Waals surface area contributed by atoms with Gasteiger partial charge in [0.15, 0.2) is 11.5 Å². The summed E-state index contributed by atoms with van der Waals surface area (Å²) in [5.41, 5.74) is 4.17. The Morgan fingerprint density at radius 2 is 2.20 bits per heavy atom. The first kappa shape index (κ1) is 14.9. The maximum absolute atomic E-state index is 6.40. The maximum atomic E-state index is 6.40. The number of rotatable bonds is 3. The minimum absolute atomic E-state index is 0.386. The van der Waals surface area contributed by atoms with Crippen molar-refractivity contribution in [3.05, 3.63) is 47.2 Å². The van der Waals surface area contributed by atoms with Crippen LogP contribution >= 0.6 is 23.8 Å². The second-order valence-electron chi connectivity index (χ2n) is 6.14. The molecule has 3 aromatic rings. The lowest BCUT2D eigenvalue weighted by Gasteiger charge is -2.09. The van der Waals surface area contributed by atoms with Gasteiger partial charge in [0, 0.05) is 16.8 Å². The normalized spacial score (nSPS) is 16.0. The Bertz CT molecular complexity index is 1030. The van der Waals surface area contributed by atoms with Gasteiger partial charge < -0.3 is 4.52 Å². The van der Waals surface area contributed by atoms with Crippen molar-refractivity contribution in [2.45, 2.75) is 25.3 Å². The second kappa shape index (κ2) is 5.57. The number of benzene rings is 1. The maximum Gasteiger partial charge on any atom is 0.278 e. The number of halogens is 1. The number of thiocarbonyl (C=S) groups is 1. The van der Waals surface area contributed by atoms with E-state index in [9.17, 15) is 0 Å². The van der Waals surface area contributed by atoms with E-state index < -0.39 is 0 Å². The Kier molecular flexibility index (Phi) is 3.33. The quantitative estimate of drug-likeness (QED) is 0.659. The lowest BCUT2D eigenvalue weighted by atomic mass is 10.1. The molecule has 0 spiro atoms. The third-order valence-electron chi connectivity index (χ3n) is 4.46. The molecule has 0 atom stereocenters.